The number of anilines is 1. The summed E-state index contributed by atoms with van der Waals surface area (Å²) in [5.41, 5.74) is 10.9. The topological polar surface area (TPSA) is 64.9 Å². The monoisotopic (exact) mass is 229 g/mol. The van der Waals surface area contributed by atoms with Crippen LogP contribution >= 0.6 is 0 Å². The maximum Gasteiger partial charge on any atom is 0.128 e. The van der Waals surface area contributed by atoms with Gasteiger partial charge in [-0.25, -0.2) is 4.98 Å². The Morgan fingerprint density at radius 3 is 2.82 bits per heavy atom. The van der Waals surface area contributed by atoms with Crippen molar-refractivity contribution in [1.82, 2.24) is 4.98 Å². The molecule has 0 unspecified atom stereocenters. The number of rotatable bonds is 3. The van der Waals surface area contributed by atoms with E-state index in [1.54, 1.807) is 0 Å². The first-order valence-electron chi connectivity index (χ1n) is 5.95. The van der Waals surface area contributed by atoms with Crippen LogP contribution in [-0.2, 0) is 6.54 Å². The molecule has 0 amide bonds. The van der Waals surface area contributed by atoms with E-state index in [4.69, 9.17) is 5.53 Å². The Hall–Kier alpha value is -1.74. The first-order chi connectivity index (χ1) is 8.22. The van der Waals surface area contributed by atoms with E-state index in [0.717, 1.165) is 30.2 Å². The second-order valence-electron chi connectivity index (χ2n) is 5.16. The third kappa shape index (κ3) is 1.83. The normalized spacial score (nSPS) is 19.7. The maximum absolute atomic E-state index is 8.30. The van der Waals surface area contributed by atoms with Gasteiger partial charge in [0.05, 0.1) is 6.54 Å². The van der Waals surface area contributed by atoms with Gasteiger partial charge in [-0.1, -0.05) is 11.2 Å². The summed E-state index contributed by atoms with van der Waals surface area (Å²) in [6, 6.07) is 4.05. The SMILES string of the molecule is Cc1nc(N2CC3(CC3)C2)ccc1CN=[N+]=[N-]. The van der Waals surface area contributed by atoms with Gasteiger partial charge in [0.1, 0.15) is 5.82 Å². The fourth-order valence-electron chi connectivity index (χ4n) is 2.45. The lowest BCUT2D eigenvalue weighted by atomic mass is 9.97. The Balaban J connectivity index is 1.74. The summed E-state index contributed by atoms with van der Waals surface area (Å²) in [4.78, 5) is 9.69. The second-order valence-corrected chi connectivity index (χ2v) is 5.16. The molecule has 1 spiro atoms. The molecule has 0 radical (unpaired) electrons. The van der Waals surface area contributed by atoms with Gasteiger partial charge in [0.25, 0.3) is 0 Å². The number of nitrogens with zero attached hydrogens (tertiary/aromatic N) is 5. The van der Waals surface area contributed by atoms with Crippen molar-refractivity contribution in [2.24, 2.45) is 10.5 Å². The van der Waals surface area contributed by atoms with Crippen LogP contribution in [0.4, 0.5) is 5.82 Å². The molecule has 0 atom stereocenters. The molecule has 88 valence electrons. The zero-order valence-electron chi connectivity index (χ0n) is 9.93. The fourth-order valence-corrected chi connectivity index (χ4v) is 2.45. The van der Waals surface area contributed by atoms with Gasteiger partial charge in [0.2, 0.25) is 0 Å². The lowest BCUT2D eigenvalue weighted by Crippen LogP contribution is -2.48. The summed E-state index contributed by atoms with van der Waals surface area (Å²) in [6.07, 6.45) is 2.77. The molecule has 0 N–H and O–H groups in total. The largest absolute Gasteiger partial charge is 0.355 e. The summed E-state index contributed by atoms with van der Waals surface area (Å²) >= 11 is 0. The molecule has 1 aromatic heterocycles. The lowest BCUT2D eigenvalue weighted by molar-refractivity contribution is 0.384. The number of aryl methyl sites for hydroxylation is 1. The van der Waals surface area contributed by atoms with Crippen molar-refractivity contribution in [2.45, 2.75) is 26.3 Å². The molecule has 5 heteroatoms. The van der Waals surface area contributed by atoms with E-state index >= 15 is 0 Å². The molecular weight excluding hydrogens is 214 g/mol. The molecule has 1 saturated carbocycles. The molecule has 1 saturated heterocycles. The standard InChI is InChI=1S/C12H15N5/c1-9-10(6-14-16-13)2-3-11(15-9)17-7-12(8-17)4-5-12/h2-3H,4-8H2,1H3. The average molecular weight is 229 g/mol. The number of pyridine rings is 1. The summed E-state index contributed by atoms with van der Waals surface area (Å²) in [7, 11) is 0. The quantitative estimate of drug-likeness (QED) is 0.454. The van der Waals surface area contributed by atoms with Gasteiger partial charge < -0.3 is 4.90 Å². The van der Waals surface area contributed by atoms with Crippen molar-refractivity contribution >= 4 is 5.82 Å². The third-order valence-electron chi connectivity index (χ3n) is 3.82. The van der Waals surface area contributed by atoms with Crippen LogP contribution in [0.15, 0.2) is 17.2 Å². The minimum atomic E-state index is 0.388. The van der Waals surface area contributed by atoms with E-state index in [9.17, 15) is 0 Å². The first-order valence-corrected chi connectivity index (χ1v) is 5.95. The molecule has 3 rings (SSSR count). The molecule has 5 nitrogen and oxygen atoms in total. The van der Waals surface area contributed by atoms with Crippen LogP contribution in [0.5, 0.6) is 0 Å². The van der Waals surface area contributed by atoms with E-state index in [2.05, 4.69) is 19.9 Å². The molecule has 0 aromatic carbocycles. The van der Waals surface area contributed by atoms with E-state index in [-0.39, 0.29) is 0 Å². The van der Waals surface area contributed by atoms with Crippen molar-refractivity contribution in [3.8, 4) is 0 Å². The molecule has 1 aliphatic carbocycles. The Labute approximate surface area is 100 Å². The maximum atomic E-state index is 8.30. The molecule has 2 aliphatic rings. The number of azide groups is 1. The van der Waals surface area contributed by atoms with Gasteiger partial charge in [0, 0.05) is 29.1 Å². The molecule has 0 bridgehead atoms. The molecular formula is C12H15N5. The highest BCUT2D eigenvalue weighted by molar-refractivity contribution is 5.46. The molecule has 2 fully saturated rings. The van der Waals surface area contributed by atoms with Crippen molar-refractivity contribution in [2.75, 3.05) is 18.0 Å². The summed E-state index contributed by atoms with van der Waals surface area (Å²) in [5.74, 6) is 1.06. The van der Waals surface area contributed by atoms with E-state index in [1.807, 2.05) is 19.1 Å². The molecule has 17 heavy (non-hydrogen) atoms. The van der Waals surface area contributed by atoms with Crippen molar-refractivity contribution in [3.63, 3.8) is 0 Å². The highest BCUT2D eigenvalue weighted by atomic mass is 15.3. The zero-order valence-corrected chi connectivity index (χ0v) is 9.93. The van der Waals surface area contributed by atoms with Crippen LogP contribution in [0.25, 0.3) is 10.4 Å². The molecule has 1 aromatic rings. The van der Waals surface area contributed by atoms with Crippen molar-refractivity contribution in [3.05, 3.63) is 33.8 Å². The van der Waals surface area contributed by atoms with Gasteiger partial charge in [0.15, 0.2) is 0 Å². The van der Waals surface area contributed by atoms with Crippen molar-refractivity contribution < 1.29 is 0 Å². The second kappa shape index (κ2) is 3.64. The van der Waals surface area contributed by atoms with Crippen LogP contribution < -0.4 is 4.90 Å². The predicted molar refractivity (Wildman–Crippen MR) is 65.7 cm³/mol. The Morgan fingerprint density at radius 2 is 2.24 bits per heavy atom. The Kier molecular flexibility index (Phi) is 2.23. The van der Waals surface area contributed by atoms with E-state index in [0.29, 0.717) is 12.0 Å². The smallest absolute Gasteiger partial charge is 0.128 e. The minimum Gasteiger partial charge on any atom is -0.355 e. The van der Waals surface area contributed by atoms with Crippen LogP contribution in [0, 0.1) is 12.3 Å². The minimum absolute atomic E-state index is 0.388. The number of aromatic nitrogens is 1. The van der Waals surface area contributed by atoms with Gasteiger partial charge in [-0.15, -0.1) is 0 Å². The third-order valence-corrected chi connectivity index (χ3v) is 3.82. The van der Waals surface area contributed by atoms with E-state index < -0.39 is 0 Å². The average Bonchev–Trinajstić information content (AvgIpc) is 3.05. The highest BCUT2D eigenvalue weighted by Crippen LogP contribution is 2.53. The lowest BCUT2D eigenvalue weighted by Gasteiger charge is -2.41. The highest BCUT2D eigenvalue weighted by Gasteiger charge is 2.52. The van der Waals surface area contributed by atoms with Crippen LogP contribution in [0.2, 0.25) is 0 Å². The molecule has 2 heterocycles. The van der Waals surface area contributed by atoms with Crippen LogP contribution in [0.3, 0.4) is 0 Å². The van der Waals surface area contributed by atoms with Gasteiger partial charge >= 0.3 is 0 Å². The van der Waals surface area contributed by atoms with Gasteiger partial charge in [-0.05, 0) is 36.9 Å². The Bertz CT molecular complexity index is 492. The number of hydrogen-bond acceptors (Lipinski definition) is 3. The van der Waals surface area contributed by atoms with Crippen LogP contribution in [-0.4, -0.2) is 18.1 Å². The van der Waals surface area contributed by atoms with E-state index in [1.165, 1.54) is 12.8 Å². The first kappa shape index (κ1) is 10.4. The predicted octanol–water partition coefficient (Wildman–Crippen LogP) is 2.80. The van der Waals surface area contributed by atoms with Gasteiger partial charge in [-0.3, -0.25) is 0 Å². The zero-order chi connectivity index (χ0) is 11.9. The molecule has 1 aliphatic heterocycles. The Morgan fingerprint density at radius 1 is 1.47 bits per heavy atom. The number of hydrogen-bond donors (Lipinski definition) is 0. The summed E-state index contributed by atoms with van der Waals surface area (Å²) in [5, 5.41) is 3.57. The van der Waals surface area contributed by atoms with Crippen LogP contribution in [0.1, 0.15) is 24.1 Å². The van der Waals surface area contributed by atoms with Gasteiger partial charge in [-0.2, -0.15) is 0 Å². The fraction of sp³-hybridized carbons (Fsp3) is 0.583. The summed E-state index contributed by atoms with van der Waals surface area (Å²) < 4.78 is 0. The van der Waals surface area contributed by atoms with Crippen molar-refractivity contribution in [1.29, 1.82) is 0 Å². The summed E-state index contributed by atoms with van der Waals surface area (Å²) in [6.45, 7) is 4.68.